The summed E-state index contributed by atoms with van der Waals surface area (Å²) in [5.74, 6) is 7.23. The van der Waals surface area contributed by atoms with Crippen molar-refractivity contribution < 1.29 is 0 Å². The van der Waals surface area contributed by atoms with Gasteiger partial charge in [0.05, 0.1) is 15.7 Å². The Morgan fingerprint density at radius 3 is 2.57 bits per heavy atom. The molecule has 0 fully saturated rings. The number of thioether (sulfide) groups is 1. The second-order valence-corrected chi connectivity index (χ2v) is 6.79. The van der Waals surface area contributed by atoms with E-state index < -0.39 is 0 Å². The molecule has 9 heteroatoms. The van der Waals surface area contributed by atoms with Crippen molar-refractivity contribution in [2.75, 3.05) is 5.84 Å². The van der Waals surface area contributed by atoms with Gasteiger partial charge in [0.1, 0.15) is 0 Å². The monoisotopic (exact) mass is 368 g/mol. The number of nitrogens with two attached hydrogens (primary N) is 1. The summed E-state index contributed by atoms with van der Waals surface area (Å²) in [4.78, 5) is 0. The SMILES string of the molecule is Cc1cc(C)n(-c2nnc(SCc3ccc(Cl)c(Cl)c3)n2N)n1. The van der Waals surface area contributed by atoms with Crippen LogP contribution in [0.4, 0.5) is 0 Å². The smallest absolute Gasteiger partial charge is 0.271 e. The van der Waals surface area contributed by atoms with E-state index in [1.165, 1.54) is 16.4 Å². The summed E-state index contributed by atoms with van der Waals surface area (Å²) in [6.07, 6.45) is 0. The molecule has 3 rings (SSSR count). The van der Waals surface area contributed by atoms with Crippen molar-refractivity contribution in [2.24, 2.45) is 0 Å². The molecule has 120 valence electrons. The lowest BCUT2D eigenvalue weighted by Crippen LogP contribution is -2.17. The molecule has 23 heavy (non-hydrogen) atoms. The fourth-order valence-electron chi connectivity index (χ4n) is 2.12. The quantitative estimate of drug-likeness (QED) is 0.564. The molecule has 3 aromatic rings. The highest BCUT2D eigenvalue weighted by atomic mass is 35.5. The second kappa shape index (κ2) is 6.43. The Morgan fingerprint density at radius 2 is 1.91 bits per heavy atom. The van der Waals surface area contributed by atoms with Crippen LogP contribution in [0, 0.1) is 13.8 Å². The molecule has 1 aromatic carbocycles. The molecule has 2 N–H and O–H groups in total. The van der Waals surface area contributed by atoms with Gasteiger partial charge in [-0.25, -0.2) is 9.36 Å². The van der Waals surface area contributed by atoms with E-state index in [0.29, 0.717) is 26.9 Å². The van der Waals surface area contributed by atoms with Gasteiger partial charge in [0.15, 0.2) is 0 Å². The maximum atomic E-state index is 6.09. The van der Waals surface area contributed by atoms with Crippen molar-refractivity contribution in [1.29, 1.82) is 0 Å². The van der Waals surface area contributed by atoms with Crippen LogP contribution < -0.4 is 5.84 Å². The Morgan fingerprint density at radius 1 is 1.13 bits per heavy atom. The fraction of sp³-hybridized carbons (Fsp3) is 0.214. The number of aryl methyl sites for hydroxylation is 2. The van der Waals surface area contributed by atoms with Crippen LogP contribution >= 0.6 is 35.0 Å². The van der Waals surface area contributed by atoms with Gasteiger partial charge in [-0.05, 0) is 37.6 Å². The number of aromatic nitrogens is 5. The van der Waals surface area contributed by atoms with Crippen molar-refractivity contribution in [2.45, 2.75) is 24.8 Å². The Bertz CT molecular complexity index is 857. The second-order valence-electron chi connectivity index (χ2n) is 5.03. The number of rotatable bonds is 4. The average Bonchev–Trinajstić information content (AvgIpc) is 3.02. The minimum absolute atomic E-state index is 0.479. The molecule has 6 nitrogen and oxygen atoms in total. The van der Waals surface area contributed by atoms with Crippen LogP contribution in [-0.2, 0) is 5.75 Å². The lowest BCUT2D eigenvalue weighted by atomic mass is 10.2. The number of halogens is 2. The number of nitrogens with zero attached hydrogens (tertiary/aromatic N) is 5. The highest BCUT2D eigenvalue weighted by Gasteiger charge is 2.15. The number of hydrogen-bond acceptors (Lipinski definition) is 5. The van der Waals surface area contributed by atoms with Crippen molar-refractivity contribution >= 4 is 35.0 Å². The molecular weight excluding hydrogens is 355 g/mol. The molecular formula is C14H14Cl2N6S. The first-order valence-corrected chi connectivity index (χ1v) is 8.50. The van der Waals surface area contributed by atoms with Gasteiger partial charge in [-0.2, -0.15) is 5.10 Å². The number of benzene rings is 1. The first-order chi connectivity index (χ1) is 11.0. The van der Waals surface area contributed by atoms with E-state index in [4.69, 9.17) is 29.0 Å². The summed E-state index contributed by atoms with van der Waals surface area (Å²) in [6, 6.07) is 7.47. The Labute approximate surface area is 147 Å². The molecule has 0 saturated carbocycles. The van der Waals surface area contributed by atoms with E-state index in [1.807, 2.05) is 32.0 Å². The molecule has 0 amide bonds. The first-order valence-electron chi connectivity index (χ1n) is 6.76. The van der Waals surface area contributed by atoms with Crippen LogP contribution in [0.5, 0.6) is 0 Å². The normalized spacial score (nSPS) is 11.1. The molecule has 0 saturated heterocycles. The predicted molar refractivity (Wildman–Crippen MR) is 92.8 cm³/mol. The fourth-order valence-corrected chi connectivity index (χ4v) is 3.24. The van der Waals surface area contributed by atoms with Gasteiger partial charge < -0.3 is 5.84 Å². The molecule has 0 aliphatic heterocycles. The summed E-state index contributed by atoms with van der Waals surface area (Å²) in [6.45, 7) is 3.86. The maximum Gasteiger partial charge on any atom is 0.271 e. The zero-order chi connectivity index (χ0) is 16.6. The highest BCUT2D eigenvalue weighted by molar-refractivity contribution is 7.98. The Kier molecular flexibility index (Phi) is 4.52. The summed E-state index contributed by atoms with van der Waals surface area (Å²) in [5.41, 5.74) is 2.87. The lowest BCUT2D eigenvalue weighted by molar-refractivity contribution is 0.727. The lowest BCUT2D eigenvalue weighted by Gasteiger charge is -2.05. The molecule has 0 unspecified atom stereocenters. The van der Waals surface area contributed by atoms with Gasteiger partial charge in [-0.1, -0.05) is 41.0 Å². The van der Waals surface area contributed by atoms with Crippen LogP contribution in [0.3, 0.4) is 0 Å². The third kappa shape index (κ3) is 3.31. The van der Waals surface area contributed by atoms with Crippen molar-refractivity contribution in [3.8, 4) is 5.95 Å². The summed E-state index contributed by atoms with van der Waals surface area (Å²) in [7, 11) is 0. The molecule has 0 aliphatic rings. The zero-order valence-corrected chi connectivity index (χ0v) is 14.8. The van der Waals surface area contributed by atoms with E-state index >= 15 is 0 Å². The summed E-state index contributed by atoms with van der Waals surface area (Å²) >= 11 is 13.4. The van der Waals surface area contributed by atoms with Crippen molar-refractivity contribution in [1.82, 2.24) is 24.7 Å². The van der Waals surface area contributed by atoms with E-state index in [9.17, 15) is 0 Å². The van der Waals surface area contributed by atoms with Crippen LogP contribution in [-0.4, -0.2) is 24.7 Å². The largest absolute Gasteiger partial charge is 0.334 e. The van der Waals surface area contributed by atoms with Gasteiger partial charge in [0.2, 0.25) is 5.16 Å². The van der Waals surface area contributed by atoms with Gasteiger partial charge in [-0.3, -0.25) is 0 Å². The van der Waals surface area contributed by atoms with Crippen LogP contribution in [0.2, 0.25) is 10.0 Å². The maximum absolute atomic E-state index is 6.09. The van der Waals surface area contributed by atoms with Gasteiger partial charge in [0, 0.05) is 11.4 Å². The van der Waals surface area contributed by atoms with Crippen LogP contribution in [0.25, 0.3) is 5.95 Å². The van der Waals surface area contributed by atoms with Crippen molar-refractivity contribution in [3.63, 3.8) is 0 Å². The van der Waals surface area contributed by atoms with E-state index in [2.05, 4.69) is 15.3 Å². The first kappa shape index (κ1) is 16.2. The topological polar surface area (TPSA) is 74.5 Å². The molecule has 0 atom stereocenters. The third-order valence-electron chi connectivity index (χ3n) is 3.20. The van der Waals surface area contributed by atoms with Gasteiger partial charge in [0.25, 0.3) is 5.95 Å². The van der Waals surface area contributed by atoms with Gasteiger partial charge in [-0.15, -0.1) is 10.2 Å². The molecule has 0 bridgehead atoms. The highest BCUT2D eigenvalue weighted by Crippen LogP contribution is 2.27. The minimum atomic E-state index is 0.479. The Hall–Kier alpha value is -1.70. The van der Waals surface area contributed by atoms with Gasteiger partial charge >= 0.3 is 0 Å². The molecule has 2 aromatic heterocycles. The van der Waals surface area contributed by atoms with Crippen LogP contribution in [0.15, 0.2) is 29.4 Å². The molecule has 0 radical (unpaired) electrons. The number of hydrogen-bond donors (Lipinski definition) is 1. The summed E-state index contributed by atoms with van der Waals surface area (Å²) < 4.78 is 3.10. The summed E-state index contributed by atoms with van der Waals surface area (Å²) in [5, 5.41) is 14.3. The molecule has 0 spiro atoms. The average molecular weight is 369 g/mol. The Balaban J connectivity index is 1.79. The zero-order valence-electron chi connectivity index (χ0n) is 12.5. The van der Waals surface area contributed by atoms with E-state index in [1.54, 1.807) is 10.7 Å². The molecule has 0 aliphatic carbocycles. The predicted octanol–water partition coefficient (Wildman–Crippen LogP) is 3.39. The third-order valence-corrected chi connectivity index (χ3v) is 4.95. The van der Waals surface area contributed by atoms with E-state index in [0.717, 1.165) is 17.0 Å². The van der Waals surface area contributed by atoms with Crippen LogP contribution in [0.1, 0.15) is 17.0 Å². The minimum Gasteiger partial charge on any atom is -0.334 e. The van der Waals surface area contributed by atoms with E-state index in [-0.39, 0.29) is 0 Å². The molecule has 2 heterocycles. The number of nitrogen functional groups attached to an aromatic ring is 1. The standard InChI is InChI=1S/C14H14Cl2N6S/c1-8-5-9(2)22(20-8)13-18-19-14(21(13)17)23-7-10-3-4-11(15)12(16)6-10/h3-6H,7,17H2,1-2H3. The van der Waals surface area contributed by atoms with Crippen molar-refractivity contribution in [3.05, 3.63) is 51.3 Å².